The Balaban J connectivity index is 1.67. The average molecular weight is 430 g/mol. The van der Waals surface area contributed by atoms with Gasteiger partial charge in [-0.25, -0.2) is 14.4 Å². The number of fused-ring (bicyclic) bond motifs is 1. The third-order valence-corrected chi connectivity index (χ3v) is 5.51. The van der Waals surface area contributed by atoms with Gasteiger partial charge in [-0.15, -0.1) is 0 Å². The first-order valence-corrected chi connectivity index (χ1v) is 10.2. The van der Waals surface area contributed by atoms with E-state index in [4.69, 9.17) is 4.74 Å². The molecule has 1 aliphatic heterocycles. The molecule has 7 heteroatoms. The van der Waals surface area contributed by atoms with E-state index in [0.29, 0.717) is 11.1 Å². The third-order valence-electron chi connectivity index (χ3n) is 5.51. The van der Waals surface area contributed by atoms with Gasteiger partial charge >= 0.3 is 18.0 Å². The summed E-state index contributed by atoms with van der Waals surface area (Å²) in [5.74, 6) is -1.76. The Labute approximate surface area is 184 Å². The summed E-state index contributed by atoms with van der Waals surface area (Å²) in [6.45, 7) is 3.07. The molecule has 32 heavy (non-hydrogen) atoms. The van der Waals surface area contributed by atoms with Crippen molar-refractivity contribution in [2.75, 3.05) is 0 Å². The molecule has 0 saturated heterocycles. The van der Waals surface area contributed by atoms with E-state index in [1.54, 1.807) is 43.3 Å². The number of benzene rings is 3. The number of carbonyl (C=O) groups excluding carboxylic acids is 2. The maximum Gasteiger partial charge on any atom is 0.340 e. The van der Waals surface area contributed by atoms with Gasteiger partial charge in [-0.05, 0) is 48.4 Å². The van der Waals surface area contributed by atoms with Crippen LogP contribution in [0.15, 0.2) is 84.1 Å². The minimum atomic E-state index is -1.16. The number of hydrogen-bond donors (Lipinski definition) is 2. The molecule has 1 heterocycles. The number of carboxylic acids is 1. The van der Waals surface area contributed by atoms with E-state index in [9.17, 15) is 19.5 Å². The number of nitrogens with zero attached hydrogens (tertiary/aromatic N) is 1. The number of nitrogens with one attached hydrogen (secondary N) is 1. The molecule has 2 N–H and O–H groups in total. The van der Waals surface area contributed by atoms with E-state index in [1.807, 2.05) is 36.4 Å². The smallest absolute Gasteiger partial charge is 0.340 e. The number of amides is 2. The van der Waals surface area contributed by atoms with Crippen molar-refractivity contribution >= 4 is 28.7 Å². The number of carboxylic acid groups (broad SMARTS) is 1. The minimum absolute atomic E-state index is 0.0162. The summed E-state index contributed by atoms with van der Waals surface area (Å²) in [4.78, 5) is 38.7. The number of ether oxygens (including phenoxy) is 1. The first-order chi connectivity index (χ1) is 15.4. The quantitative estimate of drug-likeness (QED) is 0.583. The fourth-order valence-electron chi connectivity index (χ4n) is 3.96. The van der Waals surface area contributed by atoms with Crippen LogP contribution in [-0.4, -0.2) is 34.2 Å². The Morgan fingerprint density at radius 2 is 1.66 bits per heavy atom. The van der Waals surface area contributed by atoms with Crippen LogP contribution in [0, 0.1) is 0 Å². The molecule has 0 aliphatic carbocycles. The predicted octanol–water partition coefficient (Wildman–Crippen LogP) is 4.47. The van der Waals surface area contributed by atoms with Crippen LogP contribution in [0.25, 0.3) is 10.8 Å². The van der Waals surface area contributed by atoms with Gasteiger partial charge in [0, 0.05) is 5.70 Å². The highest BCUT2D eigenvalue weighted by Crippen LogP contribution is 2.33. The lowest BCUT2D eigenvalue weighted by Gasteiger charge is -2.37. The fourth-order valence-corrected chi connectivity index (χ4v) is 3.96. The second-order valence-electron chi connectivity index (χ2n) is 7.53. The number of carbonyl (C=O) groups is 3. The van der Waals surface area contributed by atoms with Gasteiger partial charge in [-0.2, -0.15) is 0 Å². The topological polar surface area (TPSA) is 95.9 Å². The Kier molecular flexibility index (Phi) is 5.64. The summed E-state index contributed by atoms with van der Waals surface area (Å²) in [6.07, 6.45) is -1.00. The van der Waals surface area contributed by atoms with Crippen LogP contribution >= 0.6 is 0 Å². The van der Waals surface area contributed by atoms with Crippen molar-refractivity contribution in [3.63, 3.8) is 0 Å². The largest absolute Gasteiger partial charge is 0.478 e. The number of hydrogen-bond acceptors (Lipinski definition) is 4. The molecule has 1 aliphatic rings. The van der Waals surface area contributed by atoms with Crippen molar-refractivity contribution in [2.45, 2.75) is 26.1 Å². The Morgan fingerprint density at radius 1 is 1.00 bits per heavy atom. The van der Waals surface area contributed by atoms with E-state index in [-0.39, 0.29) is 11.3 Å². The predicted molar refractivity (Wildman–Crippen MR) is 119 cm³/mol. The van der Waals surface area contributed by atoms with Gasteiger partial charge in [0.05, 0.1) is 17.2 Å². The van der Waals surface area contributed by atoms with Crippen molar-refractivity contribution in [1.82, 2.24) is 10.2 Å². The molecule has 7 nitrogen and oxygen atoms in total. The third kappa shape index (κ3) is 3.92. The number of urea groups is 1. The molecule has 4 rings (SSSR count). The lowest BCUT2D eigenvalue weighted by molar-refractivity contribution is -0.133. The van der Waals surface area contributed by atoms with Crippen molar-refractivity contribution in [3.8, 4) is 0 Å². The van der Waals surface area contributed by atoms with Crippen LogP contribution in [0.4, 0.5) is 4.79 Å². The van der Waals surface area contributed by atoms with Gasteiger partial charge in [0.1, 0.15) is 0 Å². The normalized spacial score (nSPS) is 17.1. The maximum atomic E-state index is 13.0. The van der Waals surface area contributed by atoms with Crippen LogP contribution in [0.5, 0.6) is 0 Å². The molecule has 0 bridgehead atoms. The average Bonchev–Trinajstić information content (AvgIpc) is 2.78. The van der Waals surface area contributed by atoms with E-state index in [0.717, 1.165) is 15.7 Å². The highest BCUT2D eigenvalue weighted by Gasteiger charge is 2.38. The molecular weight excluding hydrogens is 408 g/mol. The molecule has 2 amide bonds. The second kappa shape index (κ2) is 8.55. The van der Waals surface area contributed by atoms with Gasteiger partial charge in [-0.1, -0.05) is 54.6 Å². The zero-order chi connectivity index (χ0) is 22.8. The number of rotatable bonds is 5. The van der Waals surface area contributed by atoms with E-state index < -0.39 is 30.2 Å². The fraction of sp³-hybridized carbons (Fsp3) is 0.160. The summed E-state index contributed by atoms with van der Waals surface area (Å²) in [6, 6.07) is 20.3. The zero-order valence-electron chi connectivity index (χ0n) is 17.6. The molecule has 0 radical (unpaired) electrons. The highest BCUT2D eigenvalue weighted by atomic mass is 16.6. The Morgan fingerprint density at radius 3 is 2.34 bits per heavy atom. The zero-order valence-corrected chi connectivity index (χ0v) is 17.6. The molecule has 3 aromatic rings. The van der Waals surface area contributed by atoms with Crippen LogP contribution in [0.1, 0.15) is 35.8 Å². The molecule has 0 aromatic heterocycles. The van der Waals surface area contributed by atoms with Crippen molar-refractivity contribution in [3.05, 3.63) is 95.2 Å². The Hall–Kier alpha value is -4.13. The number of aliphatic carboxylic acids is 1. The standard InChI is InChI=1S/C25H22N2O5/c1-15-21(23(28)29)22(20-13-12-17-8-6-7-11-19(17)14-20)26-25(31)27(15)16(2)32-24(30)18-9-4-3-5-10-18/h3-14,16,22H,1-2H3,(H,26,31)(H,28,29). The molecule has 3 aromatic carbocycles. The summed E-state index contributed by atoms with van der Waals surface area (Å²) in [5.41, 5.74) is 1.23. The Bertz CT molecular complexity index is 1240. The first kappa shape index (κ1) is 21.1. The SMILES string of the molecule is CC1=C(C(=O)O)C(c2ccc3ccccc3c2)NC(=O)N1C(C)OC(=O)c1ccccc1. The monoisotopic (exact) mass is 430 g/mol. The van der Waals surface area contributed by atoms with Crippen LogP contribution in [-0.2, 0) is 9.53 Å². The van der Waals surface area contributed by atoms with Crippen LogP contribution in [0.2, 0.25) is 0 Å². The molecule has 0 fully saturated rings. The van der Waals surface area contributed by atoms with Gasteiger partial charge < -0.3 is 15.2 Å². The molecular formula is C25H22N2O5. The second-order valence-corrected chi connectivity index (χ2v) is 7.53. The molecule has 0 spiro atoms. The lowest BCUT2D eigenvalue weighted by Crippen LogP contribution is -2.52. The van der Waals surface area contributed by atoms with Crippen LogP contribution < -0.4 is 5.32 Å². The molecule has 2 unspecified atom stereocenters. The van der Waals surface area contributed by atoms with Gasteiger partial charge in [-0.3, -0.25) is 4.90 Å². The van der Waals surface area contributed by atoms with Crippen LogP contribution in [0.3, 0.4) is 0 Å². The summed E-state index contributed by atoms with van der Waals surface area (Å²) < 4.78 is 5.44. The first-order valence-electron chi connectivity index (χ1n) is 10.2. The van der Waals surface area contributed by atoms with E-state index in [1.165, 1.54) is 6.92 Å². The summed E-state index contributed by atoms with van der Waals surface area (Å²) in [7, 11) is 0. The summed E-state index contributed by atoms with van der Waals surface area (Å²) in [5, 5.41) is 14.7. The minimum Gasteiger partial charge on any atom is -0.478 e. The van der Waals surface area contributed by atoms with Gasteiger partial charge in [0.2, 0.25) is 0 Å². The van der Waals surface area contributed by atoms with Gasteiger partial charge in [0.25, 0.3) is 0 Å². The van der Waals surface area contributed by atoms with Crippen molar-refractivity contribution < 1.29 is 24.2 Å². The van der Waals surface area contributed by atoms with Crippen molar-refractivity contribution in [2.24, 2.45) is 0 Å². The molecule has 162 valence electrons. The van der Waals surface area contributed by atoms with E-state index in [2.05, 4.69) is 5.32 Å². The van der Waals surface area contributed by atoms with Crippen molar-refractivity contribution in [1.29, 1.82) is 0 Å². The number of esters is 1. The summed E-state index contributed by atoms with van der Waals surface area (Å²) >= 11 is 0. The molecule has 0 saturated carbocycles. The van der Waals surface area contributed by atoms with Gasteiger partial charge in [0.15, 0.2) is 6.23 Å². The lowest BCUT2D eigenvalue weighted by atomic mass is 9.93. The molecule has 2 atom stereocenters. The maximum absolute atomic E-state index is 13.0. The van der Waals surface area contributed by atoms with E-state index >= 15 is 0 Å². The number of allylic oxidation sites excluding steroid dienone is 1. The highest BCUT2D eigenvalue weighted by molar-refractivity contribution is 5.95.